The summed E-state index contributed by atoms with van der Waals surface area (Å²) in [7, 11) is 0. The average Bonchev–Trinajstić information content (AvgIpc) is 2.55. The minimum absolute atomic E-state index is 0.572. The summed E-state index contributed by atoms with van der Waals surface area (Å²) in [6.45, 7) is 0. The molecule has 0 aliphatic heterocycles. The minimum Gasteiger partial charge on any atom is -0.375 e. The first-order chi connectivity index (χ1) is 5.36. The largest absolute Gasteiger partial charge is 0.375 e. The molecule has 2 heterocycles. The van der Waals surface area contributed by atoms with Crippen molar-refractivity contribution in [3.8, 4) is 11.4 Å². The van der Waals surface area contributed by atoms with Gasteiger partial charge in [0, 0.05) is 11.6 Å². The first-order valence-corrected chi connectivity index (χ1v) is 3.95. The molecule has 0 saturated carbocycles. The summed E-state index contributed by atoms with van der Waals surface area (Å²) < 4.78 is 0. The molecule has 0 aromatic carbocycles. The quantitative estimate of drug-likeness (QED) is 0.667. The van der Waals surface area contributed by atoms with Crippen LogP contribution in [0.15, 0.2) is 17.6 Å². The molecular weight excluding hydrogens is 160 g/mol. The Morgan fingerprint density at radius 1 is 1.45 bits per heavy atom. The van der Waals surface area contributed by atoms with Gasteiger partial charge >= 0.3 is 0 Å². The molecular formula is C6H6N4S. The smallest absolute Gasteiger partial charge is 0.180 e. The molecule has 4 nitrogen and oxygen atoms in total. The van der Waals surface area contributed by atoms with Gasteiger partial charge in [-0.05, 0) is 6.07 Å². The second-order valence-corrected chi connectivity index (χ2v) is 2.92. The lowest BCUT2D eigenvalue weighted by molar-refractivity contribution is 1.09. The average molecular weight is 166 g/mol. The first kappa shape index (κ1) is 6.36. The summed E-state index contributed by atoms with van der Waals surface area (Å²) in [4.78, 5) is 4.07. The van der Waals surface area contributed by atoms with Gasteiger partial charge in [-0.1, -0.05) is 0 Å². The fourth-order valence-electron chi connectivity index (χ4n) is 0.808. The summed E-state index contributed by atoms with van der Waals surface area (Å²) in [6, 6.07) is 1.86. The third kappa shape index (κ3) is 1.10. The van der Waals surface area contributed by atoms with E-state index in [-0.39, 0.29) is 0 Å². The molecule has 2 aromatic heterocycles. The summed E-state index contributed by atoms with van der Waals surface area (Å²) in [5.41, 5.74) is 7.11. The lowest BCUT2D eigenvalue weighted by Gasteiger charge is -1.83. The Morgan fingerprint density at radius 2 is 2.36 bits per heavy atom. The lowest BCUT2D eigenvalue weighted by Crippen LogP contribution is -1.82. The standard InChI is InChI=1S/C6H6N4S/c7-6-9-5(3-11-6)4-1-2-8-10-4/h1-3H,(H2,7,9)(H,8,10). The van der Waals surface area contributed by atoms with Crippen LogP contribution in [-0.4, -0.2) is 15.2 Å². The number of nitrogen functional groups attached to an aromatic ring is 1. The number of anilines is 1. The van der Waals surface area contributed by atoms with Crippen molar-refractivity contribution in [2.45, 2.75) is 0 Å². The predicted octanol–water partition coefficient (Wildman–Crippen LogP) is 1.12. The molecule has 11 heavy (non-hydrogen) atoms. The van der Waals surface area contributed by atoms with E-state index >= 15 is 0 Å². The van der Waals surface area contributed by atoms with E-state index in [1.807, 2.05) is 11.4 Å². The highest BCUT2D eigenvalue weighted by Crippen LogP contribution is 2.20. The molecule has 0 aliphatic rings. The molecule has 5 heteroatoms. The van der Waals surface area contributed by atoms with Crippen LogP contribution >= 0.6 is 11.3 Å². The second-order valence-electron chi connectivity index (χ2n) is 2.03. The molecule has 3 N–H and O–H groups in total. The lowest BCUT2D eigenvalue weighted by atomic mass is 10.3. The Bertz CT molecular complexity index is 337. The first-order valence-electron chi connectivity index (χ1n) is 3.07. The summed E-state index contributed by atoms with van der Waals surface area (Å²) in [5.74, 6) is 0. The van der Waals surface area contributed by atoms with Gasteiger partial charge < -0.3 is 5.73 Å². The number of hydrogen-bond acceptors (Lipinski definition) is 4. The third-order valence-corrected chi connectivity index (χ3v) is 1.96. The van der Waals surface area contributed by atoms with Gasteiger partial charge in [0.2, 0.25) is 0 Å². The van der Waals surface area contributed by atoms with Crippen molar-refractivity contribution in [2.24, 2.45) is 0 Å². The Labute approximate surface area is 67.1 Å². The second kappa shape index (κ2) is 2.35. The van der Waals surface area contributed by atoms with Crippen LogP contribution < -0.4 is 5.73 Å². The van der Waals surface area contributed by atoms with Crippen LogP contribution in [-0.2, 0) is 0 Å². The molecule has 0 atom stereocenters. The van der Waals surface area contributed by atoms with E-state index in [0.717, 1.165) is 11.4 Å². The minimum atomic E-state index is 0.572. The summed E-state index contributed by atoms with van der Waals surface area (Å²) in [6.07, 6.45) is 1.75. The van der Waals surface area contributed by atoms with Crippen LogP contribution in [0.2, 0.25) is 0 Å². The van der Waals surface area contributed by atoms with E-state index in [1.54, 1.807) is 6.20 Å². The number of aromatic amines is 1. The molecule has 0 spiro atoms. The molecule has 0 unspecified atom stereocenters. The highest BCUT2D eigenvalue weighted by atomic mass is 32.1. The fraction of sp³-hybridized carbons (Fsp3) is 0. The molecule has 0 aliphatic carbocycles. The molecule has 0 fully saturated rings. The molecule has 2 rings (SSSR count). The van der Waals surface area contributed by atoms with Crippen LogP contribution in [0, 0.1) is 0 Å². The van der Waals surface area contributed by atoms with Gasteiger partial charge in [0.15, 0.2) is 5.13 Å². The van der Waals surface area contributed by atoms with E-state index in [0.29, 0.717) is 5.13 Å². The number of thiazole rings is 1. The Kier molecular flexibility index (Phi) is 1.36. The zero-order chi connectivity index (χ0) is 7.68. The molecule has 2 aromatic rings. The molecule has 0 radical (unpaired) electrons. The van der Waals surface area contributed by atoms with Gasteiger partial charge in [-0.25, -0.2) is 4.98 Å². The topological polar surface area (TPSA) is 67.6 Å². The monoisotopic (exact) mass is 166 g/mol. The Hall–Kier alpha value is -1.36. The maximum Gasteiger partial charge on any atom is 0.180 e. The van der Waals surface area contributed by atoms with Crippen molar-refractivity contribution >= 4 is 16.5 Å². The summed E-state index contributed by atoms with van der Waals surface area (Å²) >= 11 is 1.42. The van der Waals surface area contributed by atoms with Crippen molar-refractivity contribution < 1.29 is 0 Å². The third-order valence-electron chi connectivity index (χ3n) is 1.29. The van der Waals surface area contributed by atoms with Crippen molar-refractivity contribution in [3.05, 3.63) is 17.6 Å². The number of nitrogens with zero attached hydrogens (tertiary/aromatic N) is 2. The number of hydrogen-bond donors (Lipinski definition) is 2. The zero-order valence-electron chi connectivity index (χ0n) is 5.61. The maximum atomic E-state index is 5.45. The van der Waals surface area contributed by atoms with Gasteiger partial charge in [-0.3, -0.25) is 5.10 Å². The van der Waals surface area contributed by atoms with E-state index in [4.69, 9.17) is 5.73 Å². The van der Waals surface area contributed by atoms with Crippen LogP contribution in [0.25, 0.3) is 11.4 Å². The Balaban J connectivity index is 2.45. The van der Waals surface area contributed by atoms with Crippen LogP contribution in [0.1, 0.15) is 0 Å². The van der Waals surface area contributed by atoms with Crippen LogP contribution in [0.3, 0.4) is 0 Å². The van der Waals surface area contributed by atoms with Gasteiger partial charge in [-0.2, -0.15) is 5.10 Å². The number of nitrogens with two attached hydrogens (primary N) is 1. The van der Waals surface area contributed by atoms with Crippen molar-refractivity contribution in [1.82, 2.24) is 15.2 Å². The Morgan fingerprint density at radius 3 is 2.91 bits per heavy atom. The normalized spacial score (nSPS) is 10.2. The molecule has 0 saturated heterocycles. The van der Waals surface area contributed by atoms with Crippen LogP contribution in [0.5, 0.6) is 0 Å². The van der Waals surface area contributed by atoms with Crippen molar-refractivity contribution in [2.75, 3.05) is 5.73 Å². The van der Waals surface area contributed by atoms with E-state index in [1.165, 1.54) is 11.3 Å². The SMILES string of the molecule is Nc1nc(-c2cc[nH]n2)cs1. The van der Waals surface area contributed by atoms with Gasteiger partial charge in [0.25, 0.3) is 0 Å². The fourth-order valence-corrected chi connectivity index (χ4v) is 1.37. The number of nitrogens with one attached hydrogen (secondary N) is 1. The zero-order valence-corrected chi connectivity index (χ0v) is 6.43. The highest BCUT2D eigenvalue weighted by molar-refractivity contribution is 7.13. The van der Waals surface area contributed by atoms with E-state index < -0.39 is 0 Å². The van der Waals surface area contributed by atoms with Gasteiger partial charge in [0.1, 0.15) is 11.4 Å². The highest BCUT2D eigenvalue weighted by Gasteiger charge is 2.02. The van der Waals surface area contributed by atoms with Gasteiger partial charge in [0.05, 0.1) is 0 Å². The van der Waals surface area contributed by atoms with Crippen molar-refractivity contribution in [3.63, 3.8) is 0 Å². The molecule has 56 valence electrons. The van der Waals surface area contributed by atoms with Crippen molar-refractivity contribution in [1.29, 1.82) is 0 Å². The van der Waals surface area contributed by atoms with Gasteiger partial charge in [-0.15, -0.1) is 11.3 Å². The van der Waals surface area contributed by atoms with E-state index in [2.05, 4.69) is 15.2 Å². The number of rotatable bonds is 1. The molecule has 0 bridgehead atoms. The van der Waals surface area contributed by atoms with Crippen LogP contribution in [0.4, 0.5) is 5.13 Å². The summed E-state index contributed by atoms with van der Waals surface area (Å²) in [5, 5.41) is 9.13. The maximum absolute atomic E-state index is 5.45. The predicted molar refractivity (Wildman–Crippen MR) is 44.1 cm³/mol. The number of aromatic nitrogens is 3. The molecule has 0 amide bonds. The van der Waals surface area contributed by atoms with E-state index in [9.17, 15) is 0 Å². The number of H-pyrrole nitrogens is 1.